The summed E-state index contributed by atoms with van der Waals surface area (Å²) in [6.07, 6.45) is 0.992. The second-order valence-corrected chi connectivity index (χ2v) is 5.46. The fraction of sp³-hybridized carbons (Fsp3) is 0.214. The molecule has 1 aromatic heterocycles. The number of carbonyl (C=O) groups is 1. The summed E-state index contributed by atoms with van der Waals surface area (Å²) in [5.41, 5.74) is 8.35. The molecule has 0 fully saturated rings. The van der Waals surface area contributed by atoms with E-state index in [1.54, 1.807) is 0 Å². The molecule has 0 aliphatic rings. The molecule has 3 N–H and O–H groups in total. The maximum absolute atomic E-state index is 12.9. The Labute approximate surface area is 126 Å². The number of thioether (sulfide) groups is 1. The summed E-state index contributed by atoms with van der Waals surface area (Å²) in [6.45, 7) is 3.99. The molecule has 0 unspecified atom stereocenters. The smallest absolute Gasteiger partial charge is 0.234 e. The van der Waals surface area contributed by atoms with Gasteiger partial charge in [0, 0.05) is 5.69 Å². The first kappa shape index (κ1) is 15.2. The molecule has 2 rings (SSSR count). The third kappa shape index (κ3) is 4.16. The van der Waals surface area contributed by atoms with Crippen LogP contribution < -0.4 is 11.1 Å². The second kappa shape index (κ2) is 6.53. The zero-order valence-electron chi connectivity index (χ0n) is 11.7. The summed E-state index contributed by atoms with van der Waals surface area (Å²) in [5.74, 6) is -0.950. The first-order chi connectivity index (χ1) is 9.95. The Morgan fingerprint density at radius 3 is 2.81 bits per heavy atom. The number of carbonyl (C=O) groups excluding carboxylic acids is 1. The Kier molecular flexibility index (Phi) is 4.74. The predicted octanol–water partition coefficient (Wildman–Crippen LogP) is 2.55. The third-order valence-corrected chi connectivity index (χ3v) is 3.73. The Balaban J connectivity index is 1.92. The van der Waals surface area contributed by atoms with Gasteiger partial charge in [-0.1, -0.05) is 17.8 Å². The maximum atomic E-state index is 12.9. The lowest BCUT2D eigenvalue weighted by molar-refractivity contribution is -0.113. The Bertz CT molecular complexity index is 678. The summed E-state index contributed by atoms with van der Waals surface area (Å²) >= 11 is 1.10. The van der Waals surface area contributed by atoms with Crippen molar-refractivity contribution >= 4 is 29.2 Å². The van der Waals surface area contributed by atoms with Gasteiger partial charge in [-0.3, -0.25) is 4.79 Å². The maximum Gasteiger partial charge on any atom is 0.234 e. The molecular formula is C14H15FN4OS. The molecule has 7 heteroatoms. The van der Waals surface area contributed by atoms with Gasteiger partial charge >= 0.3 is 0 Å². The molecule has 1 heterocycles. The largest absolute Gasteiger partial charge is 0.381 e. The molecule has 1 aromatic carbocycles. The van der Waals surface area contributed by atoms with Gasteiger partial charge < -0.3 is 11.1 Å². The topological polar surface area (TPSA) is 80.9 Å². The molecule has 2 aromatic rings. The summed E-state index contributed by atoms with van der Waals surface area (Å²) < 4.78 is 12.9. The van der Waals surface area contributed by atoms with Crippen molar-refractivity contribution < 1.29 is 9.18 Å². The van der Waals surface area contributed by atoms with E-state index < -0.39 is 5.82 Å². The van der Waals surface area contributed by atoms with E-state index >= 15 is 0 Å². The quantitative estimate of drug-likeness (QED) is 0.670. The molecule has 0 aliphatic heterocycles. The number of nitrogens with two attached hydrogens (primary N) is 1. The van der Waals surface area contributed by atoms with Gasteiger partial charge in [0.15, 0.2) is 16.8 Å². The van der Waals surface area contributed by atoms with Crippen molar-refractivity contribution in [2.24, 2.45) is 0 Å². The highest BCUT2D eigenvalue weighted by Crippen LogP contribution is 2.17. The zero-order chi connectivity index (χ0) is 15.4. The number of aryl methyl sites for hydroxylation is 2. The van der Waals surface area contributed by atoms with E-state index in [1.807, 2.05) is 32.0 Å². The molecule has 5 nitrogen and oxygen atoms in total. The van der Waals surface area contributed by atoms with Gasteiger partial charge in [0.1, 0.15) is 0 Å². The van der Waals surface area contributed by atoms with Gasteiger partial charge in [-0.05, 0) is 37.1 Å². The first-order valence-corrected chi connectivity index (χ1v) is 7.22. The lowest BCUT2D eigenvalue weighted by Gasteiger charge is -2.07. The van der Waals surface area contributed by atoms with Gasteiger partial charge in [-0.2, -0.15) is 0 Å². The number of aromatic nitrogens is 2. The van der Waals surface area contributed by atoms with E-state index in [0.29, 0.717) is 0 Å². The van der Waals surface area contributed by atoms with Gasteiger partial charge in [0.05, 0.1) is 11.9 Å². The number of anilines is 2. The molecular weight excluding hydrogens is 291 g/mol. The van der Waals surface area contributed by atoms with Crippen LogP contribution in [0.5, 0.6) is 0 Å². The van der Waals surface area contributed by atoms with Crippen molar-refractivity contribution in [2.75, 3.05) is 16.8 Å². The van der Waals surface area contributed by atoms with Crippen LogP contribution in [-0.2, 0) is 4.79 Å². The Morgan fingerprint density at radius 2 is 2.14 bits per heavy atom. The van der Waals surface area contributed by atoms with Gasteiger partial charge in [0.2, 0.25) is 5.91 Å². The lowest BCUT2D eigenvalue weighted by Crippen LogP contribution is -2.14. The standard InChI is InChI=1S/C14H15FN4OS/c1-8-3-4-10(5-9(8)2)18-12(20)7-21-14-17-6-11(15)13(16)19-14/h3-6H,7H2,1-2H3,(H,18,20)(H2,16,17,19). The van der Waals surface area contributed by atoms with Gasteiger partial charge in [-0.25, -0.2) is 14.4 Å². The summed E-state index contributed by atoms with van der Waals surface area (Å²) in [7, 11) is 0. The van der Waals surface area contributed by atoms with Gasteiger partial charge in [0.25, 0.3) is 0 Å². The van der Waals surface area contributed by atoms with E-state index in [1.165, 1.54) is 0 Å². The molecule has 0 saturated heterocycles. The highest BCUT2D eigenvalue weighted by Gasteiger charge is 2.08. The van der Waals surface area contributed by atoms with E-state index in [4.69, 9.17) is 5.73 Å². The van der Waals surface area contributed by atoms with Crippen LogP contribution in [0, 0.1) is 19.7 Å². The minimum Gasteiger partial charge on any atom is -0.381 e. The van der Waals surface area contributed by atoms with Crippen LogP contribution in [0.3, 0.4) is 0 Å². The van der Waals surface area contributed by atoms with Crippen molar-refractivity contribution in [1.82, 2.24) is 9.97 Å². The number of nitrogen functional groups attached to an aromatic ring is 1. The van der Waals surface area contributed by atoms with Crippen molar-refractivity contribution in [3.05, 3.63) is 41.3 Å². The number of hydrogen-bond donors (Lipinski definition) is 2. The third-order valence-electron chi connectivity index (χ3n) is 2.87. The van der Waals surface area contributed by atoms with Gasteiger partial charge in [-0.15, -0.1) is 0 Å². The number of halogens is 1. The van der Waals surface area contributed by atoms with Crippen molar-refractivity contribution in [3.8, 4) is 0 Å². The van der Waals surface area contributed by atoms with Crippen LogP contribution in [-0.4, -0.2) is 21.6 Å². The fourth-order valence-electron chi connectivity index (χ4n) is 1.58. The number of nitrogens with one attached hydrogen (secondary N) is 1. The zero-order valence-corrected chi connectivity index (χ0v) is 12.5. The minimum atomic E-state index is -0.668. The molecule has 0 atom stereocenters. The lowest BCUT2D eigenvalue weighted by atomic mass is 10.1. The SMILES string of the molecule is Cc1ccc(NC(=O)CSc2ncc(F)c(N)n2)cc1C. The molecule has 0 radical (unpaired) electrons. The molecule has 1 amide bonds. The number of hydrogen-bond acceptors (Lipinski definition) is 5. The van der Waals surface area contributed by atoms with Crippen LogP contribution in [0.25, 0.3) is 0 Å². The summed E-state index contributed by atoms with van der Waals surface area (Å²) in [4.78, 5) is 19.4. The number of amides is 1. The average Bonchev–Trinajstić information content (AvgIpc) is 2.44. The van der Waals surface area contributed by atoms with E-state index in [9.17, 15) is 9.18 Å². The number of nitrogens with zero attached hydrogens (tertiary/aromatic N) is 2. The van der Waals surface area contributed by atoms with E-state index in [-0.39, 0.29) is 22.6 Å². The normalized spacial score (nSPS) is 10.4. The minimum absolute atomic E-state index is 0.123. The second-order valence-electron chi connectivity index (χ2n) is 4.52. The summed E-state index contributed by atoms with van der Waals surface area (Å²) in [6, 6.07) is 5.70. The van der Waals surface area contributed by atoms with Crippen LogP contribution in [0.1, 0.15) is 11.1 Å². The van der Waals surface area contributed by atoms with Crippen molar-refractivity contribution in [1.29, 1.82) is 0 Å². The molecule has 0 saturated carbocycles. The molecule has 21 heavy (non-hydrogen) atoms. The number of benzene rings is 1. The Hall–Kier alpha value is -2.15. The fourth-order valence-corrected chi connectivity index (χ4v) is 2.20. The predicted molar refractivity (Wildman–Crippen MR) is 81.7 cm³/mol. The van der Waals surface area contributed by atoms with E-state index in [2.05, 4.69) is 15.3 Å². The Morgan fingerprint density at radius 1 is 1.38 bits per heavy atom. The molecule has 0 bridgehead atoms. The summed E-state index contributed by atoms with van der Waals surface area (Å²) in [5, 5.41) is 3.05. The highest BCUT2D eigenvalue weighted by molar-refractivity contribution is 7.99. The van der Waals surface area contributed by atoms with Crippen LogP contribution in [0.2, 0.25) is 0 Å². The van der Waals surface area contributed by atoms with Crippen LogP contribution >= 0.6 is 11.8 Å². The molecule has 0 aliphatic carbocycles. The van der Waals surface area contributed by atoms with Crippen LogP contribution in [0.4, 0.5) is 15.9 Å². The molecule has 110 valence electrons. The first-order valence-electron chi connectivity index (χ1n) is 6.23. The average molecular weight is 306 g/mol. The van der Waals surface area contributed by atoms with E-state index in [0.717, 1.165) is 34.8 Å². The molecule has 0 spiro atoms. The van der Waals surface area contributed by atoms with Crippen LogP contribution in [0.15, 0.2) is 29.6 Å². The van der Waals surface area contributed by atoms with Crippen molar-refractivity contribution in [2.45, 2.75) is 19.0 Å². The highest BCUT2D eigenvalue weighted by atomic mass is 32.2. The monoisotopic (exact) mass is 306 g/mol. The number of rotatable bonds is 4. The van der Waals surface area contributed by atoms with Crippen molar-refractivity contribution in [3.63, 3.8) is 0 Å².